The van der Waals surface area contributed by atoms with E-state index in [0.717, 1.165) is 42.0 Å². The van der Waals surface area contributed by atoms with E-state index in [1.807, 2.05) is 48.4 Å². The van der Waals surface area contributed by atoms with Crippen LogP contribution in [0.25, 0.3) is 0 Å². The number of carbonyl (C=O) groups excluding carboxylic acids is 1. The van der Waals surface area contributed by atoms with Gasteiger partial charge in [-0.15, -0.1) is 0 Å². The molecule has 144 valence electrons. The molecular formula is C24H22N4O. The van der Waals surface area contributed by atoms with Gasteiger partial charge >= 0.3 is 0 Å². The Morgan fingerprint density at radius 2 is 1.93 bits per heavy atom. The van der Waals surface area contributed by atoms with E-state index in [1.165, 1.54) is 0 Å². The summed E-state index contributed by atoms with van der Waals surface area (Å²) in [6.45, 7) is 4.13. The van der Waals surface area contributed by atoms with E-state index in [4.69, 9.17) is 5.26 Å². The van der Waals surface area contributed by atoms with Crippen molar-refractivity contribution < 1.29 is 4.79 Å². The van der Waals surface area contributed by atoms with Crippen molar-refractivity contribution in [3.63, 3.8) is 0 Å². The molecule has 4 rings (SSSR count). The first-order chi connectivity index (χ1) is 14.2. The van der Waals surface area contributed by atoms with Gasteiger partial charge in [0.25, 0.3) is 5.91 Å². The SMILES string of the molecule is Cc1cc(C(=O)N2CCCN(Cc3cccnc3)c3ccccc32)ccc1C#N. The summed E-state index contributed by atoms with van der Waals surface area (Å²) >= 11 is 0. The topological polar surface area (TPSA) is 60.2 Å². The van der Waals surface area contributed by atoms with Crippen LogP contribution in [-0.4, -0.2) is 24.0 Å². The van der Waals surface area contributed by atoms with Gasteiger partial charge in [-0.1, -0.05) is 18.2 Å². The van der Waals surface area contributed by atoms with Crippen molar-refractivity contribution in [3.05, 3.63) is 89.2 Å². The number of nitriles is 1. The van der Waals surface area contributed by atoms with Crippen molar-refractivity contribution >= 4 is 17.3 Å². The van der Waals surface area contributed by atoms with Crippen LogP contribution in [0.2, 0.25) is 0 Å². The molecule has 0 aliphatic carbocycles. The molecule has 2 aromatic carbocycles. The molecule has 3 aromatic rings. The lowest BCUT2D eigenvalue weighted by Gasteiger charge is -2.27. The van der Waals surface area contributed by atoms with Crippen LogP contribution in [0.4, 0.5) is 11.4 Å². The highest BCUT2D eigenvalue weighted by atomic mass is 16.2. The maximum absolute atomic E-state index is 13.3. The number of hydrogen-bond donors (Lipinski definition) is 0. The molecule has 0 spiro atoms. The summed E-state index contributed by atoms with van der Waals surface area (Å²) in [5.41, 5.74) is 5.13. The van der Waals surface area contributed by atoms with Crippen LogP contribution in [-0.2, 0) is 6.54 Å². The molecule has 0 bridgehead atoms. The summed E-state index contributed by atoms with van der Waals surface area (Å²) in [5.74, 6) is -0.0340. The average Bonchev–Trinajstić information content (AvgIpc) is 2.94. The fourth-order valence-electron chi connectivity index (χ4n) is 3.79. The molecule has 5 heteroatoms. The second-order valence-electron chi connectivity index (χ2n) is 7.22. The molecule has 1 aliphatic heterocycles. The standard InChI is InChI=1S/C24H22N4O/c1-18-14-20(9-10-21(18)15-25)24(29)28-13-5-12-27(17-19-6-4-11-26-16-19)22-7-2-3-8-23(22)28/h2-4,6-11,14,16H,5,12-13,17H2,1H3. The second-order valence-corrected chi connectivity index (χ2v) is 7.22. The summed E-state index contributed by atoms with van der Waals surface area (Å²) in [5, 5.41) is 9.16. The Morgan fingerprint density at radius 3 is 2.66 bits per heavy atom. The van der Waals surface area contributed by atoms with Crippen LogP contribution < -0.4 is 9.80 Å². The number of pyridine rings is 1. The fourth-order valence-corrected chi connectivity index (χ4v) is 3.79. The van der Waals surface area contributed by atoms with Gasteiger partial charge in [0.1, 0.15) is 0 Å². The van der Waals surface area contributed by atoms with Crippen molar-refractivity contribution in [2.45, 2.75) is 19.9 Å². The number of hydrogen-bond acceptors (Lipinski definition) is 4. The van der Waals surface area contributed by atoms with Crippen molar-refractivity contribution in [2.75, 3.05) is 22.9 Å². The van der Waals surface area contributed by atoms with E-state index >= 15 is 0 Å². The Bertz CT molecular complexity index is 1070. The maximum Gasteiger partial charge on any atom is 0.258 e. The Morgan fingerprint density at radius 1 is 1.10 bits per heavy atom. The number of nitrogens with zero attached hydrogens (tertiary/aromatic N) is 4. The van der Waals surface area contributed by atoms with E-state index in [-0.39, 0.29) is 5.91 Å². The summed E-state index contributed by atoms with van der Waals surface area (Å²) in [6.07, 6.45) is 4.53. The lowest BCUT2D eigenvalue weighted by atomic mass is 10.0. The number of anilines is 2. The van der Waals surface area contributed by atoms with Crippen molar-refractivity contribution in [1.29, 1.82) is 5.26 Å². The lowest BCUT2D eigenvalue weighted by Crippen LogP contribution is -2.31. The van der Waals surface area contributed by atoms with Crippen LogP contribution in [0.3, 0.4) is 0 Å². The molecule has 0 unspecified atom stereocenters. The highest BCUT2D eigenvalue weighted by Crippen LogP contribution is 2.34. The molecule has 2 heterocycles. The van der Waals surface area contributed by atoms with Gasteiger partial charge in [-0.3, -0.25) is 9.78 Å². The molecule has 1 aromatic heterocycles. The van der Waals surface area contributed by atoms with E-state index in [1.54, 1.807) is 18.3 Å². The fraction of sp³-hybridized carbons (Fsp3) is 0.208. The molecule has 0 saturated carbocycles. The highest BCUT2D eigenvalue weighted by Gasteiger charge is 2.25. The quantitative estimate of drug-likeness (QED) is 0.677. The second kappa shape index (κ2) is 8.15. The van der Waals surface area contributed by atoms with Crippen LogP contribution >= 0.6 is 0 Å². The number of benzene rings is 2. The molecule has 0 N–H and O–H groups in total. The van der Waals surface area contributed by atoms with E-state index in [0.29, 0.717) is 17.7 Å². The minimum atomic E-state index is -0.0340. The molecule has 0 atom stereocenters. The average molecular weight is 382 g/mol. The smallest absolute Gasteiger partial charge is 0.258 e. The lowest BCUT2D eigenvalue weighted by molar-refractivity contribution is 0.0987. The first kappa shape index (κ1) is 18.7. The molecule has 0 radical (unpaired) electrons. The van der Waals surface area contributed by atoms with E-state index in [9.17, 15) is 4.79 Å². The number of para-hydroxylation sites is 2. The molecule has 0 fully saturated rings. The maximum atomic E-state index is 13.3. The Labute approximate surface area is 170 Å². The van der Waals surface area contributed by atoms with Gasteiger partial charge in [0.05, 0.1) is 23.0 Å². The highest BCUT2D eigenvalue weighted by molar-refractivity contribution is 6.08. The van der Waals surface area contributed by atoms with Crippen molar-refractivity contribution in [2.24, 2.45) is 0 Å². The van der Waals surface area contributed by atoms with Crippen LogP contribution in [0, 0.1) is 18.3 Å². The first-order valence-electron chi connectivity index (χ1n) is 9.73. The zero-order valence-electron chi connectivity index (χ0n) is 16.4. The summed E-state index contributed by atoms with van der Waals surface area (Å²) in [6, 6.07) is 19.5. The molecule has 0 saturated heterocycles. The molecule has 29 heavy (non-hydrogen) atoms. The minimum Gasteiger partial charge on any atom is -0.365 e. The van der Waals surface area contributed by atoms with Crippen molar-refractivity contribution in [3.8, 4) is 6.07 Å². The van der Waals surface area contributed by atoms with E-state index in [2.05, 4.69) is 28.1 Å². The number of amides is 1. The summed E-state index contributed by atoms with van der Waals surface area (Å²) < 4.78 is 0. The van der Waals surface area contributed by atoms with Gasteiger partial charge in [0.2, 0.25) is 0 Å². The van der Waals surface area contributed by atoms with Gasteiger partial charge in [-0.25, -0.2) is 0 Å². The van der Waals surface area contributed by atoms with Crippen LogP contribution in [0.15, 0.2) is 67.0 Å². The molecule has 1 amide bonds. The third-order valence-electron chi connectivity index (χ3n) is 5.26. The molecule has 1 aliphatic rings. The predicted octanol–water partition coefficient (Wildman–Crippen LogP) is 4.32. The monoisotopic (exact) mass is 382 g/mol. The predicted molar refractivity (Wildman–Crippen MR) is 114 cm³/mol. The Balaban J connectivity index is 1.67. The van der Waals surface area contributed by atoms with Gasteiger partial charge in [0.15, 0.2) is 0 Å². The number of rotatable bonds is 3. The third kappa shape index (κ3) is 3.83. The van der Waals surface area contributed by atoms with Gasteiger partial charge in [-0.05, 0) is 60.9 Å². The van der Waals surface area contributed by atoms with E-state index < -0.39 is 0 Å². The van der Waals surface area contributed by atoms with Crippen LogP contribution in [0.5, 0.6) is 0 Å². The van der Waals surface area contributed by atoms with Gasteiger partial charge in [-0.2, -0.15) is 5.26 Å². The first-order valence-corrected chi connectivity index (χ1v) is 9.73. The Hall–Kier alpha value is -3.65. The molecular weight excluding hydrogens is 360 g/mol. The van der Waals surface area contributed by atoms with Gasteiger partial charge in [0, 0.05) is 37.6 Å². The minimum absolute atomic E-state index is 0.0340. The largest absolute Gasteiger partial charge is 0.365 e. The third-order valence-corrected chi connectivity index (χ3v) is 5.26. The summed E-state index contributed by atoms with van der Waals surface area (Å²) in [4.78, 5) is 21.7. The number of aryl methyl sites for hydroxylation is 1. The zero-order chi connectivity index (χ0) is 20.2. The number of carbonyl (C=O) groups is 1. The number of fused-ring (bicyclic) bond motifs is 1. The van der Waals surface area contributed by atoms with Gasteiger partial charge < -0.3 is 9.80 Å². The zero-order valence-corrected chi connectivity index (χ0v) is 16.4. The normalized spacial score (nSPS) is 13.4. The Kier molecular flexibility index (Phi) is 5.26. The number of aromatic nitrogens is 1. The van der Waals surface area contributed by atoms with Crippen molar-refractivity contribution in [1.82, 2.24) is 4.98 Å². The summed E-state index contributed by atoms with van der Waals surface area (Å²) in [7, 11) is 0. The molecule has 5 nitrogen and oxygen atoms in total. The van der Waals surface area contributed by atoms with Crippen LogP contribution in [0.1, 0.15) is 33.5 Å².